The van der Waals surface area contributed by atoms with Gasteiger partial charge in [0, 0.05) is 5.54 Å². The summed E-state index contributed by atoms with van der Waals surface area (Å²) in [5.74, 6) is 0.0425. The summed E-state index contributed by atoms with van der Waals surface area (Å²) in [4.78, 5) is 13.1. The van der Waals surface area contributed by atoms with Gasteiger partial charge >= 0.3 is 5.97 Å². The van der Waals surface area contributed by atoms with Gasteiger partial charge in [0.05, 0.1) is 6.42 Å². The minimum Gasteiger partial charge on any atom is -0.481 e. The molecule has 0 spiro atoms. The average molecular weight is 213 g/mol. The van der Waals surface area contributed by atoms with Gasteiger partial charge in [0.15, 0.2) is 0 Å². The topological polar surface area (TPSA) is 40.5 Å². The Balaban J connectivity index is 2.75. The van der Waals surface area contributed by atoms with Gasteiger partial charge in [-0.2, -0.15) is 0 Å². The number of hydrogen-bond acceptors (Lipinski definition) is 2. The van der Waals surface area contributed by atoms with E-state index in [4.69, 9.17) is 5.11 Å². The molecule has 1 aliphatic carbocycles. The zero-order chi connectivity index (χ0) is 11.5. The summed E-state index contributed by atoms with van der Waals surface area (Å²) in [5.41, 5.74) is -0.0925. The van der Waals surface area contributed by atoms with Gasteiger partial charge in [0.2, 0.25) is 0 Å². The van der Waals surface area contributed by atoms with Crippen LogP contribution in [0.2, 0.25) is 0 Å². The fourth-order valence-electron chi connectivity index (χ4n) is 2.82. The Morgan fingerprint density at radius 1 is 1.53 bits per heavy atom. The fourth-order valence-corrected chi connectivity index (χ4v) is 2.82. The highest BCUT2D eigenvalue weighted by Gasteiger charge is 2.39. The third-order valence-electron chi connectivity index (χ3n) is 3.93. The first-order chi connectivity index (χ1) is 7.00. The molecule has 0 radical (unpaired) electrons. The molecule has 3 nitrogen and oxygen atoms in total. The lowest BCUT2D eigenvalue weighted by Gasteiger charge is -2.45. The summed E-state index contributed by atoms with van der Waals surface area (Å²) >= 11 is 0. The third-order valence-corrected chi connectivity index (χ3v) is 3.93. The van der Waals surface area contributed by atoms with Gasteiger partial charge in [0.1, 0.15) is 0 Å². The van der Waals surface area contributed by atoms with Crippen LogP contribution in [-0.4, -0.2) is 35.6 Å². The van der Waals surface area contributed by atoms with Gasteiger partial charge in [-0.25, -0.2) is 0 Å². The Labute approximate surface area is 92.5 Å². The van der Waals surface area contributed by atoms with Crippen molar-refractivity contribution in [2.75, 3.05) is 14.1 Å². The summed E-state index contributed by atoms with van der Waals surface area (Å²) < 4.78 is 0. The van der Waals surface area contributed by atoms with Gasteiger partial charge in [-0.05, 0) is 32.9 Å². The quantitative estimate of drug-likeness (QED) is 0.779. The lowest BCUT2D eigenvalue weighted by atomic mass is 9.72. The molecule has 1 saturated carbocycles. The molecule has 1 fully saturated rings. The summed E-state index contributed by atoms with van der Waals surface area (Å²) in [5, 5.41) is 9.01. The van der Waals surface area contributed by atoms with E-state index < -0.39 is 5.97 Å². The van der Waals surface area contributed by atoms with Crippen molar-refractivity contribution < 1.29 is 9.90 Å². The summed E-state index contributed by atoms with van der Waals surface area (Å²) in [6, 6.07) is 0. The van der Waals surface area contributed by atoms with Crippen molar-refractivity contribution in [2.45, 2.75) is 51.0 Å². The summed E-state index contributed by atoms with van der Waals surface area (Å²) in [6.07, 6.45) is 5.98. The van der Waals surface area contributed by atoms with Crippen LogP contribution < -0.4 is 0 Å². The number of aliphatic carboxylic acids is 1. The van der Waals surface area contributed by atoms with Crippen LogP contribution in [0.4, 0.5) is 0 Å². The van der Waals surface area contributed by atoms with Gasteiger partial charge in [-0.15, -0.1) is 0 Å². The minimum absolute atomic E-state index is 0.0925. The van der Waals surface area contributed by atoms with Crippen molar-refractivity contribution in [3.05, 3.63) is 0 Å². The first-order valence-electron chi connectivity index (χ1n) is 5.89. The zero-order valence-electron chi connectivity index (χ0n) is 10.1. The van der Waals surface area contributed by atoms with Crippen molar-refractivity contribution in [1.29, 1.82) is 0 Å². The van der Waals surface area contributed by atoms with Gasteiger partial charge in [-0.3, -0.25) is 4.79 Å². The molecule has 0 aromatic rings. The molecule has 0 amide bonds. The SMILES string of the molecule is CCC1CCCC(CC(=O)O)(N(C)C)C1. The summed E-state index contributed by atoms with van der Waals surface area (Å²) in [6.45, 7) is 2.21. The average Bonchev–Trinajstić information content (AvgIpc) is 2.16. The lowest BCUT2D eigenvalue weighted by molar-refractivity contribution is -0.141. The van der Waals surface area contributed by atoms with Crippen molar-refractivity contribution in [2.24, 2.45) is 5.92 Å². The Morgan fingerprint density at radius 3 is 2.67 bits per heavy atom. The van der Waals surface area contributed by atoms with Crippen LogP contribution in [0.5, 0.6) is 0 Å². The number of carbonyl (C=O) groups is 1. The maximum absolute atomic E-state index is 10.9. The highest BCUT2D eigenvalue weighted by molar-refractivity contribution is 5.68. The smallest absolute Gasteiger partial charge is 0.305 e. The van der Waals surface area contributed by atoms with E-state index in [1.54, 1.807) is 0 Å². The predicted molar refractivity (Wildman–Crippen MR) is 60.9 cm³/mol. The molecule has 0 heterocycles. The Morgan fingerprint density at radius 2 is 2.20 bits per heavy atom. The molecule has 1 N–H and O–H groups in total. The molecule has 88 valence electrons. The van der Waals surface area contributed by atoms with E-state index in [0.717, 1.165) is 12.8 Å². The summed E-state index contributed by atoms with van der Waals surface area (Å²) in [7, 11) is 4.03. The second kappa shape index (κ2) is 4.97. The standard InChI is InChI=1S/C12H23NO2/c1-4-10-6-5-7-12(8-10,13(2)3)9-11(14)15/h10H,4-9H2,1-3H3,(H,14,15). The number of hydrogen-bond donors (Lipinski definition) is 1. The van der Waals surface area contributed by atoms with Crippen LogP contribution in [0, 0.1) is 5.92 Å². The maximum atomic E-state index is 10.9. The van der Waals surface area contributed by atoms with E-state index in [1.807, 2.05) is 14.1 Å². The molecule has 0 aromatic heterocycles. The molecule has 2 unspecified atom stereocenters. The Hall–Kier alpha value is -0.570. The van der Waals surface area contributed by atoms with E-state index in [-0.39, 0.29) is 12.0 Å². The molecule has 1 rings (SSSR count). The van der Waals surface area contributed by atoms with Crippen LogP contribution in [0.3, 0.4) is 0 Å². The van der Waals surface area contributed by atoms with Gasteiger partial charge < -0.3 is 10.0 Å². The van der Waals surface area contributed by atoms with E-state index in [9.17, 15) is 4.79 Å². The minimum atomic E-state index is -0.666. The maximum Gasteiger partial charge on any atom is 0.305 e. The third kappa shape index (κ3) is 2.94. The zero-order valence-corrected chi connectivity index (χ0v) is 10.1. The second-order valence-corrected chi connectivity index (χ2v) is 5.06. The number of carboxylic acids is 1. The molecule has 3 heteroatoms. The first kappa shape index (κ1) is 12.5. The van der Waals surface area contributed by atoms with Crippen LogP contribution in [0.25, 0.3) is 0 Å². The largest absolute Gasteiger partial charge is 0.481 e. The molecule has 0 bridgehead atoms. The molecular formula is C12H23NO2. The molecule has 1 aliphatic rings. The van der Waals surface area contributed by atoms with E-state index in [0.29, 0.717) is 5.92 Å². The second-order valence-electron chi connectivity index (χ2n) is 5.06. The van der Waals surface area contributed by atoms with Crippen molar-refractivity contribution in [1.82, 2.24) is 4.90 Å². The monoisotopic (exact) mass is 213 g/mol. The molecule has 0 aromatic carbocycles. The number of carboxylic acid groups (broad SMARTS) is 1. The highest BCUT2D eigenvalue weighted by atomic mass is 16.4. The molecular weight excluding hydrogens is 190 g/mol. The van der Waals surface area contributed by atoms with Crippen LogP contribution in [-0.2, 0) is 4.79 Å². The van der Waals surface area contributed by atoms with Crippen LogP contribution in [0.1, 0.15) is 45.4 Å². The molecule has 0 aliphatic heterocycles. The lowest BCUT2D eigenvalue weighted by Crippen LogP contribution is -2.49. The first-order valence-corrected chi connectivity index (χ1v) is 5.89. The fraction of sp³-hybridized carbons (Fsp3) is 0.917. The molecule has 2 atom stereocenters. The van der Waals surface area contributed by atoms with Crippen LogP contribution in [0.15, 0.2) is 0 Å². The van der Waals surface area contributed by atoms with Crippen molar-refractivity contribution >= 4 is 5.97 Å². The number of nitrogens with zero attached hydrogens (tertiary/aromatic N) is 1. The predicted octanol–water partition coefficient (Wildman–Crippen LogP) is 2.36. The van der Waals surface area contributed by atoms with E-state index in [1.165, 1.54) is 19.3 Å². The van der Waals surface area contributed by atoms with Crippen molar-refractivity contribution in [3.8, 4) is 0 Å². The van der Waals surface area contributed by atoms with Gasteiger partial charge in [-0.1, -0.05) is 26.2 Å². The molecule has 0 saturated heterocycles. The molecule has 15 heavy (non-hydrogen) atoms. The number of rotatable bonds is 4. The van der Waals surface area contributed by atoms with Crippen molar-refractivity contribution in [3.63, 3.8) is 0 Å². The Bertz CT molecular complexity index is 228. The normalized spacial score (nSPS) is 31.9. The van der Waals surface area contributed by atoms with E-state index in [2.05, 4.69) is 11.8 Å². The van der Waals surface area contributed by atoms with Crippen LogP contribution >= 0.6 is 0 Å². The Kier molecular flexibility index (Phi) is 4.14. The van der Waals surface area contributed by atoms with E-state index >= 15 is 0 Å². The van der Waals surface area contributed by atoms with Gasteiger partial charge in [0.25, 0.3) is 0 Å². The highest BCUT2D eigenvalue weighted by Crippen LogP contribution is 2.39.